The topological polar surface area (TPSA) is 72.8 Å². The highest BCUT2D eigenvalue weighted by molar-refractivity contribution is 6.42. The number of Topliss-reactive ketones (excluding diaryl/α,β-unsaturated/α-hetero) is 1. The van der Waals surface area contributed by atoms with E-state index in [0.29, 0.717) is 32.7 Å². The van der Waals surface area contributed by atoms with E-state index in [4.69, 9.17) is 37.8 Å². The zero-order chi connectivity index (χ0) is 17.3. The Balaban J connectivity index is 1.85. The molecule has 0 aromatic heterocycles. The van der Waals surface area contributed by atoms with Crippen molar-refractivity contribution < 1.29 is 24.2 Å². The third-order valence-electron chi connectivity index (χ3n) is 3.25. The van der Waals surface area contributed by atoms with Gasteiger partial charge in [0.15, 0.2) is 12.4 Å². The number of carboxylic acid groups (broad SMARTS) is 1. The lowest BCUT2D eigenvalue weighted by molar-refractivity contribution is -0.139. The van der Waals surface area contributed by atoms with Gasteiger partial charge in [0, 0.05) is 6.07 Å². The minimum Gasteiger partial charge on any atom is -0.482 e. The molecule has 0 unspecified atom stereocenters. The van der Waals surface area contributed by atoms with Crippen LogP contribution in [0.25, 0.3) is 6.08 Å². The Hall–Kier alpha value is -2.50. The minimum atomic E-state index is -1.09. The summed E-state index contributed by atoms with van der Waals surface area (Å²) in [5.41, 5.74) is 1.05. The minimum absolute atomic E-state index is 0.138. The highest BCUT2D eigenvalue weighted by Crippen LogP contribution is 2.35. The Morgan fingerprint density at radius 3 is 2.67 bits per heavy atom. The van der Waals surface area contributed by atoms with Gasteiger partial charge in [-0.3, -0.25) is 4.79 Å². The fraction of sp³-hybridized carbons (Fsp3) is 0.0588. The fourth-order valence-corrected chi connectivity index (χ4v) is 2.46. The molecule has 2 aromatic carbocycles. The van der Waals surface area contributed by atoms with Crippen molar-refractivity contribution in [2.24, 2.45) is 0 Å². The van der Waals surface area contributed by atoms with Gasteiger partial charge in [0.25, 0.3) is 0 Å². The smallest absolute Gasteiger partial charge is 0.341 e. The maximum atomic E-state index is 12.3. The third kappa shape index (κ3) is 3.37. The summed E-state index contributed by atoms with van der Waals surface area (Å²) < 4.78 is 10.6. The SMILES string of the molecule is O=C(O)COc1ccc2c(c1)O/C(=C\c1ccc(Cl)c(Cl)c1)C2=O. The number of hydrogen-bond acceptors (Lipinski definition) is 4. The van der Waals surface area contributed by atoms with Gasteiger partial charge in [-0.25, -0.2) is 4.79 Å². The Morgan fingerprint density at radius 1 is 1.17 bits per heavy atom. The molecule has 0 saturated carbocycles. The van der Waals surface area contributed by atoms with Gasteiger partial charge in [-0.05, 0) is 35.9 Å². The van der Waals surface area contributed by atoms with Gasteiger partial charge in [-0.2, -0.15) is 0 Å². The zero-order valence-electron chi connectivity index (χ0n) is 12.1. The molecule has 0 fully saturated rings. The average molecular weight is 365 g/mol. The second kappa shape index (κ2) is 6.55. The van der Waals surface area contributed by atoms with Crippen molar-refractivity contribution in [1.82, 2.24) is 0 Å². The third-order valence-corrected chi connectivity index (χ3v) is 3.98. The number of halogens is 2. The predicted molar refractivity (Wildman–Crippen MR) is 89.0 cm³/mol. The van der Waals surface area contributed by atoms with Crippen LogP contribution in [-0.4, -0.2) is 23.5 Å². The van der Waals surface area contributed by atoms with Crippen molar-refractivity contribution in [2.75, 3.05) is 6.61 Å². The monoisotopic (exact) mass is 364 g/mol. The number of benzene rings is 2. The molecular formula is C17H10Cl2O5. The molecule has 1 aliphatic heterocycles. The molecule has 0 amide bonds. The molecule has 0 atom stereocenters. The number of carboxylic acids is 1. The van der Waals surface area contributed by atoms with Crippen LogP contribution in [0.1, 0.15) is 15.9 Å². The van der Waals surface area contributed by atoms with E-state index >= 15 is 0 Å². The molecule has 2 aromatic rings. The van der Waals surface area contributed by atoms with E-state index in [1.165, 1.54) is 18.2 Å². The van der Waals surface area contributed by atoms with E-state index in [9.17, 15) is 9.59 Å². The lowest BCUT2D eigenvalue weighted by Crippen LogP contribution is -2.09. The molecule has 0 radical (unpaired) electrons. The number of carbonyl (C=O) groups excluding carboxylic acids is 1. The first-order valence-corrected chi connectivity index (χ1v) is 7.57. The highest BCUT2D eigenvalue weighted by atomic mass is 35.5. The number of carbonyl (C=O) groups is 2. The van der Waals surface area contributed by atoms with E-state index in [-0.39, 0.29) is 11.5 Å². The summed E-state index contributed by atoms with van der Waals surface area (Å²) in [6.45, 7) is -0.474. The summed E-state index contributed by atoms with van der Waals surface area (Å²) in [7, 11) is 0. The van der Waals surface area contributed by atoms with Crippen LogP contribution in [0.5, 0.6) is 11.5 Å². The van der Waals surface area contributed by atoms with E-state index in [0.717, 1.165) is 0 Å². The summed E-state index contributed by atoms with van der Waals surface area (Å²) >= 11 is 11.8. The Kier molecular flexibility index (Phi) is 4.46. The molecule has 122 valence electrons. The number of fused-ring (bicyclic) bond motifs is 1. The van der Waals surface area contributed by atoms with Crippen LogP contribution in [0.3, 0.4) is 0 Å². The summed E-state index contributed by atoms with van der Waals surface area (Å²) in [6.07, 6.45) is 1.56. The molecule has 1 aliphatic rings. The van der Waals surface area contributed by atoms with Gasteiger partial charge in [0.05, 0.1) is 15.6 Å². The van der Waals surface area contributed by atoms with Crippen LogP contribution in [0.4, 0.5) is 0 Å². The zero-order valence-corrected chi connectivity index (χ0v) is 13.6. The number of allylic oxidation sites excluding steroid dienone is 1. The second-order valence-electron chi connectivity index (χ2n) is 4.95. The molecule has 0 bridgehead atoms. The van der Waals surface area contributed by atoms with Crippen LogP contribution in [0.2, 0.25) is 10.0 Å². The van der Waals surface area contributed by atoms with E-state index < -0.39 is 12.6 Å². The Labute approximate surface area is 147 Å². The van der Waals surface area contributed by atoms with E-state index in [1.807, 2.05) is 0 Å². The van der Waals surface area contributed by atoms with Crippen LogP contribution in [0.15, 0.2) is 42.2 Å². The Morgan fingerprint density at radius 2 is 1.96 bits per heavy atom. The molecule has 0 spiro atoms. The summed E-state index contributed by atoms with van der Waals surface area (Å²) in [6, 6.07) is 9.49. The first-order valence-electron chi connectivity index (χ1n) is 6.82. The average Bonchev–Trinajstić information content (AvgIpc) is 2.84. The number of ether oxygens (including phenoxy) is 2. The molecular weight excluding hydrogens is 355 g/mol. The number of aliphatic carboxylic acids is 1. The second-order valence-corrected chi connectivity index (χ2v) is 5.77. The lowest BCUT2D eigenvalue weighted by Gasteiger charge is -2.04. The van der Waals surface area contributed by atoms with Crippen molar-refractivity contribution in [2.45, 2.75) is 0 Å². The molecule has 3 rings (SSSR count). The lowest BCUT2D eigenvalue weighted by atomic mass is 10.1. The first-order chi connectivity index (χ1) is 11.4. The van der Waals surface area contributed by atoms with Crippen molar-refractivity contribution >= 4 is 41.0 Å². The summed E-state index contributed by atoms with van der Waals surface area (Å²) in [4.78, 5) is 22.9. The molecule has 0 saturated heterocycles. The van der Waals surface area contributed by atoms with Crippen LogP contribution >= 0.6 is 23.2 Å². The quantitative estimate of drug-likeness (QED) is 0.827. The fourth-order valence-electron chi connectivity index (χ4n) is 2.16. The molecule has 1 N–H and O–H groups in total. The molecule has 24 heavy (non-hydrogen) atoms. The first kappa shape index (κ1) is 16.4. The van der Waals surface area contributed by atoms with Crippen LogP contribution in [0, 0.1) is 0 Å². The van der Waals surface area contributed by atoms with Gasteiger partial charge in [0.1, 0.15) is 11.5 Å². The van der Waals surface area contributed by atoms with Gasteiger partial charge < -0.3 is 14.6 Å². The van der Waals surface area contributed by atoms with Crippen LogP contribution < -0.4 is 9.47 Å². The van der Waals surface area contributed by atoms with Crippen LogP contribution in [-0.2, 0) is 4.79 Å². The number of rotatable bonds is 4. The van der Waals surface area contributed by atoms with Gasteiger partial charge in [-0.1, -0.05) is 29.3 Å². The van der Waals surface area contributed by atoms with Crippen molar-refractivity contribution in [3.05, 3.63) is 63.3 Å². The maximum Gasteiger partial charge on any atom is 0.341 e. The van der Waals surface area contributed by atoms with Crippen molar-refractivity contribution in [3.8, 4) is 11.5 Å². The van der Waals surface area contributed by atoms with E-state index in [2.05, 4.69) is 0 Å². The maximum absolute atomic E-state index is 12.3. The number of ketones is 1. The molecule has 5 nitrogen and oxygen atoms in total. The van der Waals surface area contributed by atoms with E-state index in [1.54, 1.807) is 24.3 Å². The molecule has 0 aliphatic carbocycles. The van der Waals surface area contributed by atoms with Crippen molar-refractivity contribution in [1.29, 1.82) is 0 Å². The number of hydrogen-bond donors (Lipinski definition) is 1. The summed E-state index contributed by atoms with van der Waals surface area (Å²) in [5, 5.41) is 9.41. The Bertz CT molecular complexity index is 873. The largest absolute Gasteiger partial charge is 0.482 e. The van der Waals surface area contributed by atoms with Gasteiger partial charge in [0.2, 0.25) is 5.78 Å². The van der Waals surface area contributed by atoms with Crippen molar-refractivity contribution in [3.63, 3.8) is 0 Å². The predicted octanol–water partition coefficient (Wildman–Crippen LogP) is 4.07. The van der Waals surface area contributed by atoms with Gasteiger partial charge >= 0.3 is 5.97 Å². The summed E-state index contributed by atoms with van der Waals surface area (Å²) in [5.74, 6) is -0.610. The molecule has 1 heterocycles. The standard InChI is InChI=1S/C17H10Cl2O5/c18-12-4-1-9(5-13(12)19)6-15-17(22)11-3-2-10(7-14(11)24-15)23-8-16(20)21/h1-7H,8H2,(H,20,21)/b15-6-. The normalized spacial score (nSPS) is 14.4. The highest BCUT2D eigenvalue weighted by Gasteiger charge is 2.27. The molecule has 7 heteroatoms. The van der Waals surface area contributed by atoms with Gasteiger partial charge in [-0.15, -0.1) is 0 Å².